The summed E-state index contributed by atoms with van der Waals surface area (Å²) in [5, 5.41) is 12.7. The van der Waals surface area contributed by atoms with Crippen LogP contribution in [0, 0.1) is 5.92 Å². The third-order valence-electron chi connectivity index (χ3n) is 4.30. The Bertz CT molecular complexity index is 261. The third-order valence-corrected chi connectivity index (χ3v) is 4.30. The van der Waals surface area contributed by atoms with Crippen molar-refractivity contribution in [2.45, 2.75) is 70.3 Å². The first-order chi connectivity index (χ1) is 9.12. The summed E-state index contributed by atoms with van der Waals surface area (Å²) in [7, 11) is 0. The van der Waals surface area contributed by atoms with Crippen molar-refractivity contribution in [3.63, 3.8) is 0 Å². The smallest absolute Gasteiger partial charge is 0.220 e. The van der Waals surface area contributed by atoms with E-state index in [4.69, 9.17) is 5.73 Å². The number of amides is 1. The summed E-state index contributed by atoms with van der Waals surface area (Å²) < 4.78 is 0. The lowest BCUT2D eigenvalue weighted by Crippen LogP contribution is -2.53. The van der Waals surface area contributed by atoms with Crippen LogP contribution in [0.15, 0.2) is 0 Å². The SMILES string of the molecule is CC1CCC(CO)(NC(=O)CCCCCCN)CC1. The van der Waals surface area contributed by atoms with E-state index in [1.165, 1.54) is 0 Å². The maximum Gasteiger partial charge on any atom is 0.220 e. The van der Waals surface area contributed by atoms with Gasteiger partial charge in [0.2, 0.25) is 5.91 Å². The molecule has 1 fully saturated rings. The van der Waals surface area contributed by atoms with Gasteiger partial charge in [-0.2, -0.15) is 0 Å². The number of carbonyl (C=O) groups excluding carboxylic acids is 1. The van der Waals surface area contributed by atoms with Crippen LogP contribution in [0.1, 0.15) is 64.7 Å². The number of aliphatic hydroxyl groups excluding tert-OH is 1. The van der Waals surface area contributed by atoms with E-state index in [1.54, 1.807) is 0 Å². The largest absolute Gasteiger partial charge is 0.394 e. The van der Waals surface area contributed by atoms with Crippen LogP contribution in [0.3, 0.4) is 0 Å². The van der Waals surface area contributed by atoms with Crippen LogP contribution in [0.2, 0.25) is 0 Å². The zero-order chi connectivity index (χ0) is 14.1. The number of nitrogens with one attached hydrogen (secondary N) is 1. The maximum absolute atomic E-state index is 11.9. The minimum absolute atomic E-state index is 0.0681. The first kappa shape index (κ1) is 16.4. The first-order valence-electron chi connectivity index (χ1n) is 7.74. The van der Waals surface area contributed by atoms with E-state index in [-0.39, 0.29) is 18.1 Å². The highest BCUT2D eigenvalue weighted by Crippen LogP contribution is 2.31. The molecule has 0 atom stereocenters. The Morgan fingerprint density at radius 3 is 2.47 bits per heavy atom. The van der Waals surface area contributed by atoms with Gasteiger partial charge in [0, 0.05) is 6.42 Å². The molecule has 4 heteroatoms. The monoisotopic (exact) mass is 270 g/mol. The molecule has 1 saturated carbocycles. The second-order valence-electron chi connectivity index (χ2n) is 6.12. The Morgan fingerprint density at radius 2 is 1.89 bits per heavy atom. The average molecular weight is 270 g/mol. The van der Waals surface area contributed by atoms with Gasteiger partial charge in [0.15, 0.2) is 0 Å². The molecule has 0 aromatic carbocycles. The zero-order valence-corrected chi connectivity index (χ0v) is 12.3. The predicted octanol–water partition coefficient (Wildman–Crippen LogP) is 1.95. The molecule has 0 radical (unpaired) electrons. The Labute approximate surface area is 117 Å². The molecule has 0 bridgehead atoms. The highest BCUT2D eigenvalue weighted by atomic mass is 16.3. The maximum atomic E-state index is 11.9. The van der Waals surface area contributed by atoms with E-state index in [2.05, 4.69) is 12.2 Å². The number of hydrogen-bond donors (Lipinski definition) is 3. The van der Waals surface area contributed by atoms with Crippen LogP contribution >= 0.6 is 0 Å². The molecule has 19 heavy (non-hydrogen) atoms. The second-order valence-corrected chi connectivity index (χ2v) is 6.12. The quantitative estimate of drug-likeness (QED) is 0.590. The van der Waals surface area contributed by atoms with Gasteiger partial charge in [-0.1, -0.05) is 19.8 Å². The molecule has 0 spiro atoms. The molecule has 112 valence electrons. The standard InChI is InChI=1S/C15H30N2O2/c1-13-7-9-15(12-18,10-8-13)17-14(19)6-4-2-3-5-11-16/h13,18H,2-12,16H2,1H3,(H,17,19). The van der Waals surface area contributed by atoms with E-state index >= 15 is 0 Å². The minimum atomic E-state index is -0.346. The lowest BCUT2D eigenvalue weighted by atomic mass is 9.77. The number of aliphatic hydroxyl groups is 1. The van der Waals surface area contributed by atoms with Crippen molar-refractivity contribution in [2.24, 2.45) is 11.7 Å². The molecule has 4 N–H and O–H groups in total. The second kappa shape index (κ2) is 8.54. The fourth-order valence-corrected chi connectivity index (χ4v) is 2.78. The van der Waals surface area contributed by atoms with E-state index in [0.29, 0.717) is 12.3 Å². The zero-order valence-electron chi connectivity index (χ0n) is 12.3. The van der Waals surface area contributed by atoms with Crippen LogP contribution in [0.4, 0.5) is 0 Å². The van der Waals surface area contributed by atoms with Gasteiger partial charge < -0.3 is 16.2 Å². The molecule has 0 heterocycles. The van der Waals surface area contributed by atoms with Gasteiger partial charge in [-0.25, -0.2) is 0 Å². The topological polar surface area (TPSA) is 75.3 Å². The number of nitrogens with two attached hydrogens (primary N) is 1. The summed E-state index contributed by atoms with van der Waals surface area (Å²) in [5.41, 5.74) is 5.09. The van der Waals surface area contributed by atoms with Gasteiger partial charge in [-0.3, -0.25) is 4.79 Å². The van der Waals surface area contributed by atoms with Crippen molar-refractivity contribution in [1.29, 1.82) is 0 Å². The average Bonchev–Trinajstić information content (AvgIpc) is 2.41. The molecule has 1 rings (SSSR count). The van der Waals surface area contributed by atoms with Crippen LogP contribution < -0.4 is 11.1 Å². The van der Waals surface area contributed by atoms with E-state index in [1.807, 2.05) is 0 Å². The number of rotatable bonds is 8. The molecule has 1 amide bonds. The van der Waals surface area contributed by atoms with Gasteiger partial charge in [-0.15, -0.1) is 0 Å². The molecule has 1 aliphatic carbocycles. The van der Waals surface area contributed by atoms with Gasteiger partial charge in [0.1, 0.15) is 0 Å². The molecule has 4 nitrogen and oxygen atoms in total. The minimum Gasteiger partial charge on any atom is -0.394 e. The summed E-state index contributed by atoms with van der Waals surface area (Å²) in [6, 6.07) is 0. The highest BCUT2D eigenvalue weighted by molar-refractivity contribution is 5.76. The van der Waals surface area contributed by atoms with Crippen LogP contribution in [-0.4, -0.2) is 29.7 Å². The number of carbonyl (C=O) groups is 1. The van der Waals surface area contributed by atoms with Crippen molar-refractivity contribution in [1.82, 2.24) is 5.32 Å². The molecule has 0 saturated heterocycles. The van der Waals surface area contributed by atoms with Crippen molar-refractivity contribution in [3.05, 3.63) is 0 Å². The van der Waals surface area contributed by atoms with Gasteiger partial charge >= 0.3 is 0 Å². The molecular formula is C15H30N2O2. The lowest BCUT2D eigenvalue weighted by Gasteiger charge is -2.38. The number of unbranched alkanes of at least 4 members (excludes halogenated alkanes) is 3. The van der Waals surface area contributed by atoms with Crippen LogP contribution in [0.5, 0.6) is 0 Å². The molecule has 0 unspecified atom stereocenters. The Balaban J connectivity index is 2.25. The summed E-state index contributed by atoms with van der Waals surface area (Å²) in [6.45, 7) is 3.04. The summed E-state index contributed by atoms with van der Waals surface area (Å²) >= 11 is 0. The molecule has 0 aromatic rings. The molecule has 0 aliphatic heterocycles. The van der Waals surface area contributed by atoms with Crippen molar-refractivity contribution >= 4 is 5.91 Å². The normalized spacial score (nSPS) is 27.2. The lowest BCUT2D eigenvalue weighted by molar-refractivity contribution is -0.124. The van der Waals surface area contributed by atoms with E-state index in [0.717, 1.165) is 57.9 Å². The van der Waals surface area contributed by atoms with E-state index < -0.39 is 0 Å². The number of hydrogen-bond acceptors (Lipinski definition) is 3. The fourth-order valence-electron chi connectivity index (χ4n) is 2.78. The van der Waals surface area contributed by atoms with Crippen LogP contribution in [-0.2, 0) is 4.79 Å². The van der Waals surface area contributed by atoms with Crippen molar-refractivity contribution in [3.8, 4) is 0 Å². The van der Waals surface area contributed by atoms with Crippen molar-refractivity contribution < 1.29 is 9.90 Å². The molecular weight excluding hydrogens is 240 g/mol. The van der Waals surface area contributed by atoms with Crippen molar-refractivity contribution in [2.75, 3.05) is 13.2 Å². The van der Waals surface area contributed by atoms with Gasteiger partial charge in [-0.05, 0) is 51.0 Å². The highest BCUT2D eigenvalue weighted by Gasteiger charge is 2.34. The molecule has 1 aliphatic rings. The first-order valence-corrected chi connectivity index (χ1v) is 7.74. The van der Waals surface area contributed by atoms with E-state index in [9.17, 15) is 9.90 Å². The predicted molar refractivity (Wildman–Crippen MR) is 77.7 cm³/mol. The van der Waals surface area contributed by atoms with Crippen LogP contribution in [0.25, 0.3) is 0 Å². The Kier molecular flexibility index (Phi) is 7.39. The van der Waals surface area contributed by atoms with Gasteiger partial charge in [0.05, 0.1) is 12.1 Å². The summed E-state index contributed by atoms with van der Waals surface area (Å²) in [6.07, 6.45) is 8.70. The Morgan fingerprint density at radius 1 is 1.26 bits per heavy atom. The summed E-state index contributed by atoms with van der Waals surface area (Å²) in [5.74, 6) is 0.809. The fraction of sp³-hybridized carbons (Fsp3) is 0.933. The summed E-state index contributed by atoms with van der Waals surface area (Å²) in [4.78, 5) is 11.9. The third kappa shape index (κ3) is 5.91. The Hall–Kier alpha value is -0.610. The van der Waals surface area contributed by atoms with Gasteiger partial charge in [0.25, 0.3) is 0 Å². The molecule has 0 aromatic heterocycles.